The van der Waals surface area contributed by atoms with Crippen molar-refractivity contribution in [1.82, 2.24) is 15.1 Å². The number of nitrogens with one attached hydrogen (secondary N) is 1. The molecule has 0 radical (unpaired) electrons. The van der Waals surface area contributed by atoms with Gasteiger partial charge in [-0.05, 0) is 37.1 Å². The Bertz CT molecular complexity index is 623. The summed E-state index contributed by atoms with van der Waals surface area (Å²) in [5.41, 5.74) is 0.329. The van der Waals surface area contributed by atoms with E-state index in [0.29, 0.717) is 57.3 Å². The summed E-state index contributed by atoms with van der Waals surface area (Å²) in [6, 6.07) is 3.44. The van der Waals surface area contributed by atoms with Gasteiger partial charge in [-0.25, -0.2) is 13.6 Å². The number of hydrogen-bond donors (Lipinski definition) is 1. The molecule has 146 valence electrons. The molecule has 1 fully saturated rings. The van der Waals surface area contributed by atoms with E-state index in [2.05, 4.69) is 10.3 Å². The van der Waals surface area contributed by atoms with Gasteiger partial charge in [-0.15, -0.1) is 24.0 Å². The summed E-state index contributed by atoms with van der Waals surface area (Å²) in [5.74, 6) is -0.183. The number of benzene rings is 1. The lowest BCUT2D eigenvalue weighted by Crippen LogP contribution is -2.54. The highest BCUT2D eigenvalue weighted by atomic mass is 127. The van der Waals surface area contributed by atoms with Gasteiger partial charge in [-0.3, -0.25) is 4.99 Å². The molecule has 0 spiro atoms. The van der Waals surface area contributed by atoms with Crippen molar-refractivity contribution in [3.63, 3.8) is 0 Å². The van der Waals surface area contributed by atoms with Crippen molar-refractivity contribution < 1.29 is 18.3 Å². The molecule has 0 aliphatic carbocycles. The van der Waals surface area contributed by atoms with E-state index < -0.39 is 11.6 Å². The van der Waals surface area contributed by atoms with Crippen molar-refractivity contribution in [2.75, 3.05) is 46.4 Å². The van der Waals surface area contributed by atoms with Gasteiger partial charge in [0.15, 0.2) is 5.96 Å². The van der Waals surface area contributed by atoms with E-state index in [4.69, 9.17) is 4.74 Å². The Labute approximate surface area is 169 Å². The van der Waals surface area contributed by atoms with Gasteiger partial charge in [0.05, 0.1) is 6.61 Å². The van der Waals surface area contributed by atoms with Crippen LogP contribution in [0.1, 0.15) is 12.5 Å². The summed E-state index contributed by atoms with van der Waals surface area (Å²) in [5, 5.41) is 3.16. The molecule has 1 aliphatic heterocycles. The van der Waals surface area contributed by atoms with E-state index in [1.54, 1.807) is 18.9 Å². The van der Waals surface area contributed by atoms with E-state index in [-0.39, 0.29) is 30.1 Å². The molecule has 0 aromatic heterocycles. The number of amides is 1. The van der Waals surface area contributed by atoms with Crippen LogP contribution in [0, 0.1) is 11.6 Å². The first-order chi connectivity index (χ1) is 12.0. The number of halogens is 3. The van der Waals surface area contributed by atoms with Gasteiger partial charge in [0.1, 0.15) is 11.6 Å². The van der Waals surface area contributed by atoms with Gasteiger partial charge in [0.25, 0.3) is 0 Å². The number of ether oxygens (including phenoxy) is 1. The number of carbonyl (C=O) groups excluding carboxylic acids is 1. The predicted octanol–water partition coefficient (Wildman–Crippen LogP) is 2.47. The first-order valence-corrected chi connectivity index (χ1v) is 8.36. The number of nitrogens with zero attached hydrogens (tertiary/aromatic N) is 3. The average Bonchev–Trinajstić information content (AvgIpc) is 2.62. The first kappa shape index (κ1) is 22.4. The van der Waals surface area contributed by atoms with Crippen molar-refractivity contribution in [3.05, 3.63) is 35.4 Å². The van der Waals surface area contributed by atoms with Crippen LogP contribution in [0.4, 0.5) is 13.6 Å². The molecular formula is C17H25F2IN4O2. The lowest BCUT2D eigenvalue weighted by molar-refractivity contribution is 0.0915. The predicted molar refractivity (Wildman–Crippen MR) is 107 cm³/mol. The minimum atomic E-state index is -0.448. The summed E-state index contributed by atoms with van der Waals surface area (Å²) in [6.45, 7) is 4.95. The van der Waals surface area contributed by atoms with E-state index in [0.717, 1.165) is 12.1 Å². The minimum Gasteiger partial charge on any atom is -0.450 e. The summed E-state index contributed by atoms with van der Waals surface area (Å²) in [7, 11) is 1.67. The highest BCUT2D eigenvalue weighted by Crippen LogP contribution is 2.10. The van der Waals surface area contributed by atoms with Gasteiger partial charge in [0.2, 0.25) is 0 Å². The molecule has 0 bridgehead atoms. The number of guanidine groups is 1. The van der Waals surface area contributed by atoms with Crippen LogP contribution in [0.25, 0.3) is 0 Å². The maximum Gasteiger partial charge on any atom is 0.409 e. The SMILES string of the molecule is CCOC(=O)N1CCN(C(=NC)NCCc2cc(F)ccc2F)CC1.I. The Kier molecular flexibility index (Phi) is 9.60. The van der Waals surface area contributed by atoms with Gasteiger partial charge in [-0.2, -0.15) is 0 Å². The van der Waals surface area contributed by atoms with Gasteiger partial charge >= 0.3 is 6.09 Å². The fraction of sp³-hybridized carbons (Fsp3) is 0.529. The second-order valence-electron chi connectivity index (χ2n) is 5.63. The summed E-state index contributed by atoms with van der Waals surface area (Å²) in [4.78, 5) is 19.6. The lowest BCUT2D eigenvalue weighted by atomic mass is 10.1. The second kappa shape index (κ2) is 11.1. The first-order valence-electron chi connectivity index (χ1n) is 8.36. The largest absolute Gasteiger partial charge is 0.450 e. The molecule has 26 heavy (non-hydrogen) atoms. The Hall–Kier alpha value is -1.65. The van der Waals surface area contributed by atoms with Crippen LogP contribution in [-0.2, 0) is 11.2 Å². The molecule has 9 heteroatoms. The smallest absolute Gasteiger partial charge is 0.409 e. The number of rotatable bonds is 4. The fourth-order valence-electron chi connectivity index (χ4n) is 2.69. The van der Waals surface area contributed by atoms with Gasteiger partial charge in [0, 0.05) is 39.8 Å². The molecule has 0 atom stereocenters. The molecule has 6 nitrogen and oxygen atoms in total. The minimum absolute atomic E-state index is 0. The zero-order chi connectivity index (χ0) is 18.2. The molecule has 1 amide bonds. The number of carbonyl (C=O) groups is 1. The Morgan fingerprint density at radius 3 is 2.50 bits per heavy atom. The Morgan fingerprint density at radius 2 is 1.88 bits per heavy atom. The van der Waals surface area contributed by atoms with E-state index in [1.165, 1.54) is 6.07 Å². The van der Waals surface area contributed by atoms with E-state index in [9.17, 15) is 13.6 Å². The normalized spacial score (nSPS) is 14.7. The van der Waals surface area contributed by atoms with Crippen LogP contribution in [-0.4, -0.2) is 68.2 Å². The van der Waals surface area contributed by atoms with Crippen LogP contribution in [0.5, 0.6) is 0 Å². The van der Waals surface area contributed by atoms with E-state index >= 15 is 0 Å². The second-order valence-corrected chi connectivity index (χ2v) is 5.63. The fourth-order valence-corrected chi connectivity index (χ4v) is 2.69. The third-order valence-corrected chi connectivity index (χ3v) is 4.00. The van der Waals surface area contributed by atoms with Gasteiger partial charge < -0.3 is 19.9 Å². The van der Waals surface area contributed by atoms with Crippen molar-refractivity contribution >= 4 is 36.0 Å². The molecule has 0 saturated carbocycles. The Morgan fingerprint density at radius 1 is 1.23 bits per heavy atom. The molecule has 1 aromatic carbocycles. The quantitative estimate of drug-likeness (QED) is 0.407. The van der Waals surface area contributed by atoms with Crippen molar-refractivity contribution in [3.8, 4) is 0 Å². The van der Waals surface area contributed by atoms with E-state index in [1.807, 2.05) is 4.90 Å². The molecular weight excluding hydrogens is 457 g/mol. The van der Waals surface area contributed by atoms with Crippen LogP contribution in [0.2, 0.25) is 0 Å². The van der Waals surface area contributed by atoms with Crippen LogP contribution >= 0.6 is 24.0 Å². The zero-order valence-electron chi connectivity index (χ0n) is 15.0. The Balaban J connectivity index is 0.00000338. The molecule has 1 N–H and O–H groups in total. The number of hydrogen-bond acceptors (Lipinski definition) is 3. The van der Waals surface area contributed by atoms with Crippen molar-refractivity contribution in [2.45, 2.75) is 13.3 Å². The monoisotopic (exact) mass is 482 g/mol. The molecule has 1 heterocycles. The molecule has 1 aromatic rings. The summed E-state index contributed by atoms with van der Waals surface area (Å²) in [6.07, 6.45) is 0.0532. The maximum atomic E-state index is 13.6. The van der Waals surface area contributed by atoms with Crippen LogP contribution in [0.15, 0.2) is 23.2 Å². The van der Waals surface area contributed by atoms with Crippen molar-refractivity contribution in [1.29, 1.82) is 0 Å². The number of piperazine rings is 1. The van der Waals surface area contributed by atoms with Crippen molar-refractivity contribution in [2.24, 2.45) is 4.99 Å². The molecule has 0 unspecified atom stereocenters. The molecule has 2 rings (SSSR count). The summed E-state index contributed by atoms with van der Waals surface area (Å²) < 4.78 is 31.8. The lowest BCUT2D eigenvalue weighted by Gasteiger charge is -2.35. The molecule has 1 aliphatic rings. The topological polar surface area (TPSA) is 57.2 Å². The highest BCUT2D eigenvalue weighted by molar-refractivity contribution is 14.0. The summed E-state index contributed by atoms with van der Waals surface area (Å²) >= 11 is 0. The standard InChI is InChI=1S/C17H24F2N4O2.HI/c1-3-25-17(24)23-10-8-22(9-11-23)16(20-2)21-7-6-13-12-14(18)4-5-15(13)19;/h4-5,12H,3,6-11H2,1-2H3,(H,20,21);1H. The van der Waals surface area contributed by atoms with Gasteiger partial charge in [-0.1, -0.05) is 0 Å². The third-order valence-electron chi connectivity index (χ3n) is 4.00. The highest BCUT2D eigenvalue weighted by Gasteiger charge is 2.23. The third kappa shape index (κ3) is 6.26. The average molecular weight is 482 g/mol. The maximum absolute atomic E-state index is 13.6. The number of aliphatic imine (C=N–C) groups is 1. The van der Waals surface area contributed by atoms with Crippen LogP contribution in [0.3, 0.4) is 0 Å². The van der Waals surface area contributed by atoms with Crippen LogP contribution < -0.4 is 5.32 Å². The zero-order valence-corrected chi connectivity index (χ0v) is 17.3. The molecule has 1 saturated heterocycles.